The molecule has 76 valence electrons. The van der Waals surface area contributed by atoms with Crippen molar-refractivity contribution in [2.45, 2.75) is 12.4 Å². The number of phenols is 2. The van der Waals surface area contributed by atoms with E-state index in [1.54, 1.807) is 0 Å². The van der Waals surface area contributed by atoms with Gasteiger partial charge in [0.2, 0.25) is 0 Å². The zero-order valence-corrected chi connectivity index (χ0v) is 7.21. The summed E-state index contributed by atoms with van der Waals surface area (Å²) >= 11 is 0. The lowest BCUT2D eigenvalue weighted by molar-refractivity contribution is -0.138. The van der Waals surface area contributed by atoms with Crippen molar-refractivity contribution >= 4 is 5.97 Å². The highest BCUT2D eigenvalue weighted by atomic mass is 16.4. The number of phenolic OH excluding ortho intramolecular Hbond substituents is 2. The van der Waals surface area contributed by atoms with Gasteiger partial charge in [-0.05, 0) is 24.1 Å². The molecular formula is C9H11NO4. The van der Waals surface area contributed by atoms with Crippen LogP contribution in [0.3, 0.4) is 0 Å². The summed E-state index contributed by atoms with van der Waals surface area (Å²) in [7, 11) is 0. The van der Waals surface area contributed by atoms with Gasteiger partial charge in [0.15, 0.2) is 11.5 Å². The fourth-order valence-corrected chi connectivity index (χ4v) is 0.923. The first-order chi connectivity index (χ1) is 6.93. The number of benzene rings is 1. The van der Waals surface area contributed by atoms with Gasteiger partial charge in [-0.25, -0.2) is 0 Å². The molecule has 0 saturated heterocycles. The molecule has 1 rings (SSSR count). The maximum absolute atomic E-state index is 10.5. The lowest BCUT2D eigenvalue weighted by atomic mass is 10.1. The van der Waals surface area contributed by atoms with Crippen molar-refractivity contribution < 1.29 is 21.5 Å². The lowest BCUT2D eigenvalue weighted by Gasteiger charge is -2.06. The summed E-state index contributed by atoms with van der Waals surface area (Å²) in [5, 5.41) is 26.7. The normalized spacial score (nSPS) is 15.6. The van der Waals surface area contributed by atoms with E-state index in [0.717, 1.165) is 6.07 Å². The summed E-state index contributed by atoms with van der Waals surface area (Å²) in [6.07, 6.45) is -1.19. The molecule has 0 unspecified atom stereocenters. The predicted octanol–water partition coefficient (Wildman–Crippen LogP) is 0.0522. The van der Waals surface area contributed by atoms with Crippen molar-refractivity contribution in [3.05, 3.63) is 23.8 Å². The minimum Gasteiger partial charge on any atom is -0.504 e. The van der Waals surface area contributed by atoms with Gasteiger partial charge < -0.3 is 21.1 Å². The Hall–Kier alpha value is -1.75. The number of carboxylic acids is 1. The predicted molar refractivity (Wildman–Crippen MR) is 49.1 cm³/mol. The quantitative estimate of drug-likeness (QED) is 0.515. The van der Waals surface area contributed by atoms with E-state index in [2.05, 4.69) is 0 Å². The molecule has 0 saturated carbocycles. The van der Waals surface area contributed by atoms with E-state index in [1.165, 1.54) is 12.1 Å². The fourth-order valence-electron chi connectivity index (χ4n) is 0.923. The van der Waals surface area contributed by atoms with E-state index < -0.39 is 24.2 Å². The van der Waals surface area contributed by atoms with Crippen molar-refractivity contribution in [1.29, 1.82) is 0 Å². The van der Waals surface area contributed by atoms with Crippen LogP contribution in [0.1, 0.15) is 6.93 Å². The van der Waals surface area contributed by atoms with Gasteiger partial charge in [0, 0.05) is 1.37 Å². The highest BCUT2D eigenvalue weighted by molar-refractivity contribution is 5.73. The molecule has 0 aliphatic rings. The van der Waals surface area contributed by atoms with Gasteiger partial charge in [-0.3, -0.25) is 4.79 Å². The summed E-state index contributed by atoms with van der Waals surface area (Å²) in [6.45, 7) is 0. The number of hydrogen-bond acceptors (Lipinski definition) is 4. The second-order valence-corrected chi connectivity index (χ2v) is 2.78. The third-order valence-electron chi connectivity index (χ3n) is 1.66. The molecule has 2 atom stereocenters. The molecule has 0 radical (unpaired) electrons. The van der Waals surface area contributed by atoms with Gasteiger partial charge in [0.05, 0.1) is 0 Å². The topological polar surface area (TPSA) is 104 Å². The monoisotopic (exact) mass is 199 g/mol. The van der Waals surface area contributed by atoms with Gasteiger partial charge in [0.1, 0.15) is 6.04 Å². The van der Waals surface area contributed by atoms with Crippen LogP contribution >= 0.6 is 0 Å². The molecule has 0 bridgehead atoms. The molecule has 0 aliphatic heterocycles. The Kier molecular flexibility index (Phi) is 2.51. The van der Waals surface area contributed by atoms with Gasteiger partial charge >= 0.3 is 5.97 Å². The van der Waals surface area contributed by atoms with Crippen LogP contribution in [0, 0.1) is 0 Å². The summed E-state index contributed by atoms with van der Waals surface area (Å²) in [5.74, 6) is -2.01. The van der Waals surface area contributed by atoms with Crippen molar-refractivity contribution in [2.75, 3.05) is 0 Å². The van der Waals surface area contributed by atoms with Crippen molar-refractivity contribution in [3.8, 4) is 11.5 Å². The summed E-state index contributed by atoms with van der Waals surface area (Å²) in [6, 6.07) is 2.28. The third-order valence-corrected chi connectivity index (χ3v) is 1.66. The zero-order valence-electron chi connectivity index (χ0n) is 8.21. The Labute approximate surface area is 81.8 Å². The number of aromatic hydroxyl groups is 2. The van der Waals surface area contributed by atoms with Crippen molar-refractivity contribution in [2.24, 2.45) is 5.73 Å². The van der Waals surface area contributed by atoms with Crippen LogP contribution in [0.2, 0.25) is 0 Å². The molecule has 0 fully saturated rings. The Morgan fingerprint density at radius 2 is 2.14 bits per heavy atom. The van der Waals surface area contributed by atoms with E-state index in [-0.39, 0.29) is 11.3 Å². The number of carbonyl (C=O) groups is 1. The minimum absolute atomic E-state index is 0.236. The first-order valence-corrected chi connectivity index (χ1v) is 3.86. The van der Waals surface area contributed by atoms with E-state index in [4.69, 9.17) is 22.4 Å². The van der Waals surface area contributed by atoms with Gasteiger partial charge in [-0.1, -0.05) is 6.07 Å². The molecule has 14 heavy (non-hydrogen) atoms. The standard InChI is InChI=1S/C9H11NO4/c10-6(9(13)14)3-5-1-2-7(11)8(12)4-5/h1-2,4,6,11-12H,3,10H2,(H,13,14)/t6-/m0/s1/i3T/t3-,6+/m1. The van der Waals surface area contributed by atoms with Crippen LogP contribution in [0.15, 0.2) is 18.2 Å². The first kappa shape index (κ1) is 8.83. The summed E-state index contributed by atoms with van der Waals surface area (Å²) < 4.78 is 7.52. The SMILES string of the molecule is [3H][C@H](c1ccc(O)c(O)c1)[C@H](N)C(=O)O. The molecule has 0 heterocycles. The third kappa shape index (κ3) is 2.37. The van der Waals surface area contributed by atoms with Crippen LogP contribution in [0.4, 0.5) is 0 Å². The van der Waals surface area contributed by atoms with Gasteiger partial charge in [-0.15, -0.1) is 0 Å². The average Bonchev–Trinajstić information content (AvgIpc) is 2.19. The molecule has 5 heteroatoms. The number of hydrogen-bond donors (Lipinski definition) is 4. The number of nitrogens with two attached hydrogens (primary N) is 1. The van der Waals surface area contributed by atoms with E-state index in [1.807, 2.05) is 0 Å². The lowest BCUT2D eigenvalue weighted by Crippen LogP contribution is -2.32. The van der Waals surface area contributed by atoms with Crippen LogP contribution in [0.5, 0.6) is 11.5 Å². The molecular weight excluding hydrogens is 186 g/mol. The second kappa shape index (κ2) is 3.97. The molecule has 0 aliphatic carbocycles. The Bertz CT molecular complexity index is 382. The molecule has 1 aromatic rings. The summed E-state index contributed by atoms with van der Waals surface area (Å²) in [5.41, 5.74) is 5.49. The van der Waals surface area contributed by atoms with Gasteiger partial charge in [-0.2, -0.15) is 0 Å². The average molecular weight is 199 g/mol. The highest BCUT2D eigenvalue weighted by Crippen LogP contribution is 2.25. The first-order valence-electron chi connectivity index (χ1n) is 4.43. The van der Waals surface area contributed by atoms with Crippen LogP contribution in [0.25, 0.3) is 0 Å². The largest absolute Gasteiger partial charge is 0.504 e. The summed E-state index contributed by atoms with van der Waals surface area (Å²) in [4.78, 5) is 10.5. The van der Waals surface area contributed by atoms with E-state index in [0.29, 0.717) is 0 Å². The second-order valence-electron chi connectivity index (χ2n) is 2.78. The van der Waals surface area contributed by atoms with Crippen LogP contribution < -0.4 is 5.73 Å². The fraction of sp³-hybridized carbons (Fsp3) is 0.222. The van der Waals surface area contributed by atoms with Gasteiger partial charge in [0.25, 0.3) is 0 Å². The maximum atomic E-state index is 10.5. The van der Waals surface area contributed by atoms with E-state index in [9.17, 15) is 4.79 Å². The Balaban J connectivity index is 2.96. The Morgan fingerprint density at radius 1 is 1.50 bits per heavy atom. The number of rotatable bonds is 3. The smallest absolute Gasteiger partial charge is 0.320 e. The van der Waals surface area contributed by atoms with Crippen LogP contribution in [-0.4, -0.2) is 27.3 Å². The van der Waals surface area contributed by atoms with Crippen molar-refractivity contribution in [1.82, 2.24) is 0 Å². The van der Waals surface area contributed by atoms with Crippen LogP contribution in [-0.2, 0) is 11.2 Å². The zero-order chi connectivity index (χ0) is 11.6. The molecule has 0 spiro atoms. The van der Waals surface area contributed by atoms with Crippen molar-refractivity contribution in [3.63, 3.8) is 0 Å². The molecule has 0 amide bonds. The molecule has 0 aromatic heterocycles. The number of aliphatic carboxylic acids is 1. The number of carboxylic acid groups (broad SMARTS) is 1. The highest BCUT2D eigenvalue weighted by Gasteiger charge is 2.12. The van der Waals surface area contributed by atoms with E-state index >= 15 is 0 Å². The molecule has 1 aromatic carbocycles. The maximum Gasteiger partial charge on any atom is 0.320 e. The minimum atomic E-state index is -1.37. The Morgan fingerprint density at radius 3 is 2.64 bits per heavy atom. The molecule has 5 nitrogen and oxygen atoms in total. The molecule has 5 N–H and O–H groups in total.